The second kappa shape index (κ2) is 6.35. The zero-order valence-corrected chi connectivity index (χ0v) is 9.39. The molecule has 2 N–H and O–H groups in total. The van der Waals surface area contributed by atoms with Crippen LogP contribution in [-0.2, 0) is 9.59 Å². The van der Waals surface area contributed by atoms with Crippen molar-refractivity contribution in [1.82, 2.24) is 5.32 Å². The largest absolute Gasteiger partial charge is 0.481 e. The van der Waals surface area contributed by atoms with Gasteiger partial charge in [-0.3, -0.25) is 9.59 Å². The van der Waals surface area contributed by atoms with Crippen LogP contribution in [-0.4, -0.2) is 17.0 Å². The van der Waals surface area contributed by atoms with Crippen LogP contribution in [0, 0.1) is 17.1 Å². The summed E-state index contributed by atoms with van der Waals surface area (Å²) in [4.78, 5) is 21.6. The van der Waals surface area contributed by atoms with E-state index in [2.05, 4.69) is 5.32 Å². The van der Waals surface area contributed by atoms with Crippen molar-refractivity contribution < 1.29 is 19.1 Å². The highest BCUT2D eigenvalue weighted by Crippen LogP contribution is 2.13. The van der Waals surface area contributed by atoms with Gasteiger partial charge in [-0.05, 0) is 17.7 Å². The van der Waals surface area contributed by atoms with Crippen molar-refractivity contribution in [2.24, 2.45) is 0 Å². The lowest BCUT2D eigenvalue weighted by Gasteiger charge is -2.11. The van der Waals surface area contributed by atoms with Crippen molar-refractivity contribution in [3.05, 3.63) is 35.6 Å². The molecule has 0 aliphatic carbocycles. The molecule has 0 bridgehead atoms. The molecule has 0 spiro atoms. The Morgan fingerprint density at radius 2 is 2.17 bits per heavy atom. The molecule has 0 radical (unpaired) electrons. The molecule has 1 atom stereocenters. The second-order valence-corrected chi connectivity index (χ2v) is 3.58. The lowest BCUT2D eigenvalue weighted by atomic mass is 10.1. The Kier molecular flexibility index (Phi) is 4.81. The van der Waals surface area contributed by atoms with E-state index in [4.69, 9.17) is 10.4 Å². The van der Waals surface area contributed by atoms with E-state index in [1.165, 1.54) is 18.2 Å². The Morgan fingerprint density at radius 1 is 1.44 bits per heavy atom. The van der Waals surface area contributed by atoms with Crippen LogP contribution in [0.25, 0.3) is 0 Å². The number of nitrogens with one attached hydrogen (secondary N) is 1. The van der Waals surface area contributed by atoms with E-state index in [0.29, 0.717) is 5.56 Å². The maximum Gasteiger partial charge on any atom is 0.303 e. The average molecular weight is 250 g/mol. The highest BCUT2D eigenvalue weighted by molar-refractivity contribution is 5.81. The maximum atomic E-state index is 13.0. The summed E-state index contributed by atoms with van der Waals surface area (Å²) < 4.78 is 13.0. The molecule has 0 aromatic heterocycles. The van der Waals surface area contributed by atoms with E-state index in [-0.39, 0.29) is 12.8 Å². The summed E-state index contributed by atoms with van der Waals surface area (Å²) in [6.07, 6.45) is -0.532. The lowest BCUT2D eigenvalue weighted by Crippen LogP contribution is -2.27. The Morgan fingerprint density at radius 3 is 2.72 bits per heavy atom. The standard InChI is InChI=1S/C12H11FN2O3/c13-9-3-1-2-8(6-9)10(7-14)15-11(16)4-5-12(17)18/h1-3,6,10H,4-5H2,(H,15,16)(H,17,18). The quantitative estimate of drug-likeness (QED) is 0.825. The zero-order chi connectivity index (χ0) is 13.5. The summed E-state index contributed by atoms with van der Waals surface area (Å²) in [6, 6.07) is 6.14. The molecule has 1 unspecified atom stereocenters. The fraction of sp³-hybridized carbons (Fsp3) is 0.250. The SMILES string of the molecule is N#CC(NC(=O)CCC(=O)O)c1cccc(F)c1. The Hall–Kier alpha value is -2.42. The molecule has 0 aliphatic rings. The molecule has 6 heteroatoms. The smallest absolute Gasteiger partial charge is 0.303 e. The fourth-order valence-corrected chi connectivity index (χ4v) is 1.33. The number of carboxylic acid groups (broad SMARTS) is 1. The van der Waals surface area contributed by atoms with Gasteiger partial charge in [-0.2, -0.15) is 5.26 Å². The summed E-state index contributed by atoms with van der Waals surface area (Å²) in [5, 5.41) is 19.6. The number of carbonyl (C=O) groups excluding carboxylic acids is 1. The second-order valence-electron chi connectivity index (χ2n) is 3.58. The number of hydrogen-bond acceptors (Lipinski definition) is 3. The third kappa shape index (κ3) is 4.22. The third-order valence-electron chi connectivity index (χ3n) is 2.18. The molecule has 18 heavy (non-hydrogen) atoms. The number of amides is 1. The Labute approximate surface area is 103 Å². The van der Waals surface area contributed by atoms with Crippen LogP contribution in [0.2, 0.25) is 0 Å². The van der Waals surface area contributed by atoms with Crippen molar-refractivity contribution in [3.63, 3.8) is 0 Å². The highest BCUT2D eigenvalue weighted by atomic mass is 19.1. The van der Waals surface area contributed by atoms with Gasteiger partial charge in [0.1, 0.15) is 11.9 Å². The molecule has 1 rings (SSSR count). The predicted molar refractivity (Wildman–Crippen MR) is 59.8 cm³/mol. The summed E-state index contributed by atoms with van der Waals surface area (Å²) in [5.41, 5.74) is 0.321. The summed E-state index contributed by atoms with van der Waals surface area (Å²) in [5.74, 6) is -2.16. The van der Waals surface area contributed by atoms with Gasteiger partial charge in [0, 0.05) is 6.42 Å². The molecular weight excluding hydrogens is 239 g/mol. The molecule has 5 nitrogen and oxygen atoms in total. The van der Waals surface area contributed by atoms with Gasteiger partial charge in [-0.15, -0.1) is 0 Å². The minimum atomic E-state index is -1.09. The summed E-state index contributed by atoms with van der Waals surface area (Å²) in [6.45, 7) is 0. The topological polar surface area (TPSA) is 90.2 Å². The summed E-state index contributed by atoms with van der Waals surface area (Å²) >= 11 is 0. The van der Waals surface area contributed by atoms with Gasteiger partial charge in [0.25, 0.3) is 0 Å². The molecule has 0 aliphatic heterocycles. The molecule has 0 saturated heterocycles. The van der Waals surface area contributed by atoms with Crippen molar-refractivity contribution in [3.8, 4) is 6.07 Å². The van der Waals surface area contributed by atoms with E-state index in [1.54, 1.807) is 0 Å². The van der Waals surface area contributed by atoms with Crippen molar-refractivity contribution in [2.75, 3.05) is 0 Å². The summed E-state index contributed by atoms with van der Waals surface area (Å²) in [7, 11) is 0. The first-order chi connectivity index (χ1) is 8.52. The number of aliphatic carboxylic acids is 1. The number of benzene rings is 1. The van der Waals surface area contributed by atoms with Crippen LogP contribution in [0.1, 0.15) is 24.4 Å². The number of carbonyl (C=O) groups is 2. The minimum absolute atomic E-state index is 0.219. The van der Waals surface area contributed by atoms with Crippen LogP contribution in [0.5, 0.6) is 0 Å². The van der Waals surface area contributed by atoms with Crippen LogP contribution >= 0.6 is 0 Å². The average Bonchev–Trinajstić information content (AvgIpc) is 2.33. The number of carboxylic acids is 1. The highest BCUT2D eigenvalue weighted by Gasteiger charge is 2.14. The van der Waals surface area contributed by atoms with Gasteiger partial charge in [0.15, 0.2) is 0 Å². The molecule has 1 aromatic rings. The predicted octanol–water partition coefficient (Wildman–Crippen LogP) is 1.37. The van der Waals surface area contributed by atoms with Gasteiger partial charge in [-0.1, -0.05) is 12.1 Å². The van der Waals surface area contributed by atoms with Gasteiger partial charge in [-0.25, -0.2) is 4.39 Å². The molecule has 0 fully saturated rings. The van der Waals surface area contributed by atoms with Crippen molar-refractivity contribution in [2.45, 2.75) is 18.9 Å². The molecule has 1 aromatic carbocycles. The minimum Gasteiger partial charge on any atom is -0.481 e. The van der Waals surface area contributed by atoms with Gasteiger partial charge < -0.3 is 10.4 Å². The van der Waals surface area contributed by atoms with E-state index in [1.807, 2.05) is 6.07 Å². The van der Waals surface area contributed by atoms with Gasteiger partial charge in [0.2, 0.25) is 5.91 Å². The van der Waals surface area contributed by atoms with Gasteiger partial charge >= 0.3 is 5.97 Å². The zero-order valence-electron chi connectivity index (χ0n) is 9.39. The van der Waals surface area contributed by atoms with Crippen LogP contribution in [0.4, 0.5) is 4.39 Å². The normalized spacial score (nSPS) is 11.3. The lowest BCUT2D eigenvalue weighted by molar-refractivity contribution is -0.138. The Bertz CT molecular complexity index is 496. The van der Waals surface area contributed by atoms with Crippen LogP contribution < -0.4 is 5.32 Å². The number of rotatable bonds is 5. The fourth-order valence-electron chi connectivity index (χ4n) is 1.33. The van der Waals surface area contributed by atoms with E-state index in [9.17, 15) is 14.0 Å². The number of nitriles is 1. The molecular formula is C12H11FN2O3. The van der Waals surface area contributed by atoms with Crippen LogP contribution in [0.3, 0.4) is 0 Å². The molecule has 0 saturated carbocycles. The molecule has 0 heterocycles. The van der Waals surface area contributed by atoms with Gasteiger partial charge in [0.05, 0.1) is 12.5 Å². The van der Waals surface area contributed by atoms with Crippen molar-refractivity contribution in [1.29, 1.82) is 5.26 Å². The monoisotopic (exact) mass is 250 g/mol. The first kappa shape index (κ1) is 13.6. The van der Waals surface area contributed by atoms with E-state index in [0.717, 1.165) is 6.07 Å². The number of hydrogen-bond donors (Lipinski definition) is 2. The third-order valence-corrected chi connectivity index (χ3v) is 2.18. The molecule has 94 valence electrons. The number of nitrogens with zero attached hydrogens (tertiary/aromatic N) is 1. The molecule has 1 amide bonds. The maximum absolute atomic E-state index is 13.0. The van der Waals surface area contributed by atoms with E-state index >= 15 is 0 Å². The van der Waals surface area contributed by atoms with Crippen LogP contribution in [0.15, 0.2) is 24.3 Å². The number of halogens is 1. The van der Waals surface area contributed by atoms with Crippen molar-refractivity contribution >= 4 is 11.9 Å². The van der Waals surface area contributed by atoms with E-state index < -0.39 is 23.7 Å². The first-order valence-electron chi connectivity index (χ1n) is 5.19. The first-order valence-corrected chi connectivity index (χ1v) is 5.19. The Balaban J connectivity index is 2.66.